The first-order valence-corrected chi connectivity index (χ1v) is 9.78. The molecule has 12 heteroatoms. The maximum Gasteiger partial charge on any atom is 0.274 e. The minimum absolute atomic E-state index is 0.0765. The molecule has 0 spiro atoms. The highest BCUT2D eigenvalue weighted by Gasteiger charge is 2.42. The zero-order valence-corrected chi connectivity index (χ0v) is 16.1. The number of benzene rings is 1. The van der Waals surface area contributed by atoms with Crippen LogP contribution in [0.25, 0.3) is 0 Å². The van der Waals surface area contributed by atoms with Crippen LogP contribution in [0.15, 0.2) is 35.5 Å². The normalized spacial score (nSPS) is 24.2. The van der Waals surface area contributed by atoms with Crippen LogP contribution in [-0.2, 0) is 15.6 Å². The number of carbonyl (C=O) groups excluding carboxylic acids is 1. The van der Waals surface area contributed by atoms with Crippen molar-refractivity contribution in [2.75, 3.05) is 25.1 Å². The van der Waals surface area contributed by atoms with Crippen LogP contribution >= 0.6 is 0 Å². The molecule has 1 aliphatic heterocycles. The molecule has 30 heavy (non-hydrogen) atoms. The molecule has 160 valence electrons. The summed E-state index contributed by atoms with van der Waals surface area (Å²) in [6, 6.07) is 3.85. The molecular formula is C18H19F2N5O4S. The number of hydrogen-bond donors (Lipinski definition) is 2. The molecule has 0 fully saturated rings. The molecule has 1 aliphatic rings. The highest BCUT2D eigenvalue weighted by atomic mass is 32.2. The number of carbonyl (C=O) groups is 1. The lowest BCUT2D eigenvalue weighted by atomic mass is 9.93. The van der Waals surface area contributed by atoms with Crippen LogP contribution in [0, 0.1) is 11.6 Å². The highest BCUT2D eigenvalue weighted by Crippen LogP contribution is 2.35. The topological polar surface area (TPSA) is 127 Å². The second kappa shape index (κ2) is 7.52. The molecule has 0 saturated carbocycles. The predicted octanol–water partition coefficient (Wildman–Crippen LogP) is 1.43. The minimum Gasteiger partial charge on any atom is -0.495 e. The van der Waals surface area contributed by atoms with Crippen molar-refractivity contribution >= 4 is 27.6 Å². The van der Waals surface area contributed by atoms with E-state index < -0.39 is 64.4 Å². The molecule has 0 aliphatic carbocycles. The molecule has 1 atom stereocenters. The molecule has 0 unspecified atom stereocenters. The fraction of sp³-hybridized carbons (Fsp3) is 0.278. The number of guanidine groups is 1. The average molecular weight is 445 g/mol. The quantitative estimate of drug-likeness (QED) is 0.733. The van der Waals surface area contributed by atoms with Crippen LogP contribution < -0.4 is 15.8 Å². The molecule has 2 heterocycles. The van der Waals surface area contributed by atoms with Crippen LogP contribution in [0.1, 0.15) is 31.2 Å². The van der Waals surface area contributed by atoms with Gasteiger partial charge in [0.2, 0.25) is 16.0 Å². The van der Waals surface area contributed by atoms with Crippen molar-refractivity contribution in [1.29, 1.82) is 0 Å². The van der Waals surface area contributed by atoms with Gasteiger partial charge in [-0.1, -0.05) is 0 Å². The smallest absolute Gasteiger partial charge is 0.274 e. The summed E-state index contributed by atoms with van der Waals surface area (Å²) in [5, 5.41) is 2.27. The molecule has 2 aromatic rings. The lowest BCUT2D eigenvalue weighted by Crippen LogP contribution is -2.50. The third-order valence-electron chi connectivity index (χ3n) is 4.26. The van der Waals surface area contributed by atoms with Gasteiger partial charge in [-0.05, 0) is 25.1 Å². The number of amides is 1. The minimum atomic E-state index is -4.64. The Bertz CT molecular complexity index is 1340. The lowest BCUT2D eigenvalue weighted by Gasteiger charge is -2.34. The molecule has 9 nitrogen and oxygen atoms in total. The van der Waals surface area contributed by atoms with Crippen molar-refractivity contribution in [2.24, 2.45) is 10.7 Å². The van der Waals surface area contributed by atoms with Gasteiger partial charge in [0, 0.05) is 28.4 Å². The van der Waals surface area contributed by atoms with Crippen LogP contribution in [-0.4, -0.2) is 49.3 Å². The van der Waals surface area contributed by atoms with Crippen LogP contribution in [0.5, 0.6) is 5.75 Å². The molecule has 0 bridgehead atoms. The van der Waals surface area contributed by atoms with E-state index in [0.717, 1.165) is 31.3 Å². The second-order valence-electron chi connectivity index (χ2n) is 6.52. The fourth-order valence-electron chi connectivity index (χ4n) is 2.85. The first-order chi connectivity index (χ1) is 16.3. The largest absolute Gasteiger partial charge is 0.495 e. The second-order valence-corrected chi connectivity index (χ2v) is 8.34. The summed E-state index contributed by atoms with van der Waals surface area (Å²) in [7, 11) is -7.37. The van der Waals surface area contributed by atoms with E-state index >= 15 is 0 Å². The van der Waals surface area contributed by atoms with Gasteiger partial charge in [0.05, 0.1) is 23.1 Å². The van der Waals surface area contributed by atoms with Crippen molar-refractivity contribution in [2.45, 2.75) is 12.5 Å². The van der Waals surface area contributed by atoms with Crippen molar-refractivity contribution < 1.29 is 35.0 Å². The molecule has 3 N–H and O–H groups in total. The standard InChI is InChI=1S/C18H19F2N5O4S/c1-18(9-30(27,28)25(2)17(21)24-18)12-6-10(7-13(19)15(12)20)23-16(26)14-5-4-11(29-3)8-22-14/h4-8H,9H2,1-3H3,(H2,21,24)(H,23,26)/t18-/m0/s1/i2D3,3D3. The van der Waals surface area contributed by atoms with E-state index in [1.807, 2.05) is 0 Å². The molecule has 3 rings (SSSR count). The number of nitrogens with two attached hydrogens (primary N) is 1. The first kappa shape index (κ1) is 14.7. The number of rotatable bonds is 4. The Morgan fingerprint density at radius 3 is 2.77 bits per heavy atom. The van der Waals surface area contributed by atoms with E-state index in [2.05, 4.69) is 20.0 Å². The van der Waals surface area contributed by atoms with Gasteiger partial charge in [-0.15, -0.1) is 0 Å². The Morgan fingerprint density at radius 2 is 2.17 bits per heavy atom. The van der Waals surface area contributed by atoms with Gasteiger partial charge in [-0.25, -0.2) is 31.5 Å². The Balaban J connectivity index is 1.95. The average Bonchev–Trinajstić information content (AvgIpc) is 2.67. The molecule has 1 amide bonds. The zero-order chi connectivity index (χ0) is 27.3. The maximum absolute atomic E-state index is 14.8. The number of sulfonamides is 1. The van der Waals surface area contributed by atoms with E-state index in [9.17, 15) is 22.0 Å². The third-order valence-corrected chi connectivity index (χ3v) is 5.93. The Kier molecular flexibility index (Phi) is 3.67. The van der Waals surface area contributed by atoms with Gasteiger partial charge >= 0.3 is 0 Å². The van der Waals surface area contributed by atoms with Gasteiger partial charge in [0.1, 0.15) is 17.0 Å². The van der Waals surface area contributed by atoms with Gasteiger partial charge in [0.15, 0.2) is 11.6 Å². The van der Waals surface area contributed by atoms with Gasteiger partial charge in [-0.2, -0.15) is 0 Å². The summed E-state index contributed by atoms with van der Waals surface area (Å²) >= 11 is 0. The van der Waals surface area contributed by atoms with Crippen molar-refractivity contribution in [1.82, 2.24) is 9.29 Å². The van der Waals surface area contributed by atoms with E-state index in [4.69, 9.17) is 14.0 Å². The van der Waals surface area contributed by atoms with E-state index in [1.165, 1.54) is 0 Å². The number of ether oxygens (including phenoxy) is 1. The van der Waals surface area contributed by atoms with E-state index in [0.29, 0.717) is 6.07 Å². The van der Waals surface area contributed by atoms with Crippen LogP contribution in [0.4, 0.5) is 14.5 Å². The lowest BCUT2D eigenvalue weighted by molar-refractivity contribution is 0.102. The van der Waals surface area contributed by atoms with Crippen LogP contribution in [0.2, 0.25) is 0 Å². The van der Waals surface area contributed by atoms with Crippen molar-refractivity contribution in [3.8, 4) is 5.75 Å². The summed E-state index contributed by atoms with van der Waals surface area (Å²) in [5.74, 6) is -5.97. The van der Waals surface area contributed by atoms with Gasteiger partial charge in [0.25, 0.3) is 5.91 Å². The summed E-state index contributed by atoms with van der Waals surface area (Å²) in [6.07, 6.45) is 0.972. The number of pyridine rings is 1. The molecule has 0 saturated heterocycles. The van der Waals surface area contributed by atoms with Gasteiger partial charge in [-0.3, -0.25) is 4.79 Å². The predicted molar refractivity (Wildman–Crippen MR) is 106 cm³/mol. The monoisotopic (exact) mass is 445 g/mol. The van der Waals surface area contributed by atoms with Gasteiger partial charge < -0.3 is 15.8 Å². The molecule has 0 radical (unpaired) electrons. The summed E-state index contributed by atoms with van der Waals surface area (Å²) < 4.78 is 102. The number of nitrogens with zero attached hydrogens (tertiary/aromatic N) is 3. The zero-order valence-electron chi connectivity index (χ0n) is 21.3. The number of methoxy groups -OCH3 is 1. The summed E-state index contributed by atoms with van der Waals surface area (Å²) in [4.78, 5) is 20.1. The Morgan fingerprint density at radius 1 is 1.40 bits per heavy atom. The van der Waals surface area contributed by atoms with Crippen molar-refractivity contribution in [3.63, 3.8) is 0 Å². The maximum atomic E-state index is 14.8. The summed E-state index contributed by atoms with van der Waals surface area (Å²) in [5.41, 5.74) is 2.40. The van der Waals surface area contributed by atoms with Crippen molar-refractivity contribution in [3.05, 3.63) is 53.4 Å². The molecule has 1 aromatic carbocycles. The number of hydrogen-bond acceptors (Lipinski definition) is 7. The third kappa shape index (κ3) is 3.90. The first-order valence-electron chi connectivity index (χ1n) is 11.2. The number of aliphatic imine (C=N–C) groups is 1. The number of halogens is 2. The molecular weight excluding hydrogens is 420 g/mol. The number of anilines is 1. The highest BCUT2D eigenvalue weighted by molar-refractivity contribution is 7.89. The number of aromatic nitrogens is 1. The SMILES string of the molecule is [2H]C([2H])([2H])Oc1ccc(C(=O)Nc2cc(F)c(F)c([C@]3(C)CS(=O)(=O)N(C([2H])([2H])[2H])C(N)=N3)c2)nc1. The van der Waals surface area contributed by atoms with E-state index in [1.54, 1.807) is 0 Å². The Hall–Kier alpha value is -3.28. The summed E-state index contributed by atoms with van der Waals surface area (Å²) in [6.45, 7) is -2.08. The number of nitrogens with one attached hydrogen (secondary N) is 1. The Labute approximate surface area is 180 Å². The van der Waals surface area contributed by atoms with Crippen LogP contribution in [0.3, 0.4) is 0 Å². The van der Waals surface area contributed by atoms with E-state index in [-0.39, 0.29) is 21.4 Å². The fourth-order valence-corrected chi connectivity index (χ4v) is 4.24. The molecule has 1 aromatic heterocycles.